The Morgan fingerprint density at radius 1 is 1.32 bits per heavy atom. The molecule has 3 aromatic heterocycles. The number of rotatable bonds is 4. The Morgan fingerprint density at radius 2 is 2.18 bits per heavy atom. The largest absolute Gasteiger partial charge is 0.342 e. The van der Waals surface area contributed by atoms with E-state index in [1.54, 1.807) is 4.52 Å². The Hall–Kier alpha value is -3.10. The van der Waals surface area contributed by atoms with E-state index in [2.05, 4.69) is 25.0 Å². The third-order valence-electron chi connectivity index (χ3n) is 5.47. The van der Waals surface area contributed by atoms with Gasteiger partial charge < -0.3 is 9.88 Å². The molecule has 9 nitrogen and oxygen atoms in total. The van der Waals surface area contributed by atoms with Gasteiger partial charge in [0, 0.05) is 42.9 Å². The van der Waals surface area contributed by atoms with Crippen LogP contribution in [0.3, 0.4) is 0 Å². The lowest BCUT2D eigenvalue weighted by Crippen LogP contribution is -2.39. The summed E-state index contributed by atoms with van der Waals surface area (Å²) >= 11 is 0. The van der Waals surface area contributed by atoms with Crippen molar-refractivity contribution in [1.82, 2.24) is 34.4 Å². The first-order chi connectivity index (χ1) is 13.5. The number of aromatic nitrogens is 6. The van der Waals surface area contributed by atoms with Gasteiger partial charge in [-0.25, -0.2) is 14.5 Å². The van der Waals surface area contributed by atoms with Crippen molar-refractivity contribution in [2.45, 2.75) is 45.4 Å². The number of nitrogens with one attached hydrogen (secondary N) is 1. The highest BCUT2D eigenvalue weighted by atomic mass is 16.2. The van der Waals surface area contributed by atoms with E-state index in [0.717, 1.165) is 42.0 Å². The zero-order valence-electron chi connectivity index (χ0n) is 16.1. The maximum Gasteiger partial charge on any atom is 0.252 e. The number of aryl methyl sites for hydroxylation is 2. The maximum atomic E-state index is 12.8. The molecule has 4 heterocycles. The number of hydrogen-bond acceptors (Lipinski definition) is 6. The average molecular weight is 381 g/mol. The molecular formula is C19H23N7O2. The number of hydrogen-bond donors (Lipinski definition) is 1. The third-order valence-corrected chi connectivity index (χ3v) is 5.47. The summed E-state index contributed by atoms with van der Waals surface area (Å²) in [5.74, 6) is 0.804. The minimum Gasteiger partial charge on any atom is -0.342 e. The number of nitrogens with zero attached hydrogens (tertiary/aromatic N) is 6. The number of likely N-dealkylation sites (tertiary alicyclic amines) is 1. The number of amides is 1. The summed E-state index contributed by atoms with van der Waals surface area (Å²) in [7, 11) is 0. The number of fused-ring (bicyclic) bond motifs is 1. The Labute approximate surface area is 161 Å². The number of carbonyl (C=O) groups is 1. The Bertz CT molecular complexity index is 1070. The van der Waals surface area contributed by atoms with Crippen LogP contribution in [-0.4, -0.2) is 53.4 Å². The normalized spacial score (nSPS) is 17.2. The lowest BCUT2D eigenvalue weighted by atomic mass is 9.94. The summed E-state index contributed by atoms with van der Waals surface area (Å²) in [6.07, 6.45) is 5.79. The summed E-state index contributed by atoms with van der Waals surface area (Å²) < 4.78 is 1.71. The average Bonchev–Trinajstić information content (AvgIpc) is 3.16. The summed E-state index contributed by atoms with van der Waals surface area (Å²) in [4.78, 5) is 41.7. The van der Waals surface area contributed by atoms with E-state index in [4.69, 9.17) is 0 Å². The monoisotopic (exact) mass is 381 g/mol. The minimum atomic E-state index is -0.157. The van der Waals surface area contributed by atoms with Gasteiger partial charge in [0.15, 0.2) is 0 Å². The third kappa shape index (κ3) is 3.51. The molecule has 0 saturated carbocycles. The van der Waals surface area contributed by atoms with Gasteiger partial charge >= 0.3 is 0 Å². The van der Waals surface area contributed by atoms with E-state index in [0.29, 0.717) is 25.2 Å². The van der Waals surface area contributed by atoms with Crippen molar-refractivity contribution in [1.29, 1.82) is 0 Å². The van der Waals surface area contributed by atoms with Gasteiger partial charge in [-0.3, -0.25) is 9.59 Å². The zero-order valence-corrected chi connectivity index (χ0v) is 16.1. The standard InChI is InChI=1S/C19H23N7O2/c1-12-15(13(2)26-19(24-12)22-11-23-26)5-6-18(28)25-7-3-4-14(9-25)16-8-17(27)21-10-20-16/h8,10-11,14H,3-7,9H2,1-2H3,(H,20,21,27)/t14-/m1/s1. The molecule has 1 aliphatic rings. The Kier molecular flexibility index (Phi) is 4.89. The van der Waals surface area contributed by atoms with Crippen LogP contribution in [0.4, 0.5) is 0 Å². The van der Waals surface area contributed by atoms with E-state index in [9.17, 15) is 9.59 Å². The molecule has 1 amide bonds. The number of aromatic amines is 1. The highest BCUT2D eigenvalue weighted by Crippen LogP contribution is 2.25. The molecule has 0 radical (unpaired) electrons. The van der Waals surface area contributed by atoms with Gasteiger partial charge in [0.05, 0.1) is 12.0 Å². The Balaban J connectivity index is 1.44. The summed E-state index contributed by atoms with van der Waals surface area (Å²) in [5, 5.41) is 4.20. The molecule has 28 heavy (non-hydrogen) atoms. The summed E-state index contributed by atoms with van der Waals surface area (Å²) in [5.41, 5.74) is 3.49. The molecule has 0 unspecified atom stereocenters. The molecule has 0 bridgehead atoms. The van der Waals surface area contributed by atoms with Crippen LogP contribution in [0, 0.1) is 13.8 Å². The molecule has 3 aromatic rings. The molecule has 0 aromatic carbocycles. The van der Waals surface area contributed by atoms with E-state index < -0.39 is 0 Å². The molecule has 146 valence electrons. The van der Waals surface area contributed by atoms with Crippen molar-refractivity contribution in [2.75, 3.05) is 13.1 Å². The van der Waals surface area contributed by atoms with Gasteiger partial charge in [-0.1, -0.05) is 0 Å². The lowest BCUT2D eigenvalue weighted by Gasteiger charge is -2.32. The summed E-state index contributed by atoms with van der Waals surface area (Å²) in [6.45, 7) is 5.27. The van der Waals surface area contributed by atoms with Crippen LogP contribution in [0.25, 0.3) is 5.78 Å². The zero-order chi connectivity index (χ0) is 19.7. The van der Waals surface area contributed by atoms with Crippen LogP contribution in [0.5, 0.6) is 0 Å². The van der Waals surface area contributed by atoms with Crippen LogP contribution in [0.15, 0.2) is 23.5 Å². The van der Waals surface area contributed by atoms with Crippen molar-refractivity contribution in [3.63, 3.8) is 0 Å². The molecule has 1 N–H and O–H groups in total. The van der Waals surface area contributed by atoms with Crippen molar-refractivity contribution < 1.29 is 4.79 Å². The van der Waals surface area contributed by atoms with Crippen molar-refractivity contribution in [3.05, 3.63) is 51.7 Å². The minimum absolute atomic E-state index is 0.108. The van der Waals surface area contributed by atoms with Crippen molar-refractivity contribution >= 4 is 11.7 Å². The van der Waals surface area contributed by atoms with E-state index in [1.807, 2.05) is 18.7 Å². The molecule has 0 aliphatic carbocycles. The van der Waals surface area contributed by atoms with E-state index in [1.165, 1.54) is 18.7 Å². The quantitative estimate of drug-likeness (QED) is 0.726. The Morgan fingerprint density at radius 3 is 3.00 bits per heavy atom. The van der Waals surface area contributed by atoms with Crippen molar-refractivity contribution in [3.8, 4) is 0 Å². The van der Waals surface area contributed by atoms with Crippen LogP contribution in [0.2, 0.25) is 0 Å². The molecule has 1 atom stereocenters. The van der Waals surface area contributed by atoms with Crippen LogP contribution >= 0.6 is 0 Å². The lowest BCUT2D eigenvalue weighted by molar-refractivity contribution is -0.132. The van der Waals surface area contributed by atoms with Crippen LogP contribution in [0.1, 0.15) is 47.8 Å². The van der Waals surface area contributed by atoms with Crippen molar-refractivity contribution in [2.24, 2.45) is 0 Å². The molecule has 1 saturated heterocycles. The fraction of sp³-hybridized carbons (Fsp3) is 0.474. The van der Waals surface area contributed by atoms with Gasteiger partial charge in [0.1, 0.15) is 6.33 Å². The second-order valence-corrected chi connectivity index (χ2v) is 7.25. The predicted molar refractivity (Wildman–Crippen MR) is 102 cm³/mol. The topological polar surface area (TPSA) is 109 Å². The first-order valence-electron chi connectivity index (χ1n) is 9.51. The number of piperidine rings is 1. The maximum absolute atomic E-state index is 12.8. The fourth-order valence-corrected chi connectivity index (χ4v) is 3.96. The molecule has 1 aliphatic heterocycles. The van der Waals surface area contributed by atoms with Gasteiger partial charge in [-0.15, -0.1) is 0 Å². The van der Waals surface area contributed by atoms with Gasteiger partial charge in [0.25, 0.3) is 11.3 Å². The summed E-state index contributed by atoms with van der Waals surface area (Å²) in [6, 6.07) is 1.53. The van der Waals surface area contributed by atoms with Gasteiger partial charge in [0.2, 0.25) is 5.91 Å². The number of carbonyl (C=O) groups excluding carboxylic acids is 1. The van der Waals surface area contributed by atoms with Gasteiger partial charge in [-0.05, 0) is 38.7 Å². The molecule has 4 rings (SSSR count). The highest BCUT2D eigenvalue weighted by Gasteiger charge is 2.26. The predicted octanol–water partition coefficient (Wildman–Crippen LogP) is 1.16. The second-order valence-electron chi connectivity index (χ2n) is 7.25. The highest BCUT2D eigenvalue weighted by molar-refractivity contribution is 5.76. The van der Waals surface area contributed by atoms with Gasteiger partial charge in [-0.2, -0.15) is 10.1 Å². The molecule has 1 fully saturated rings. The SMILES string of the molecule is Cc1nc2ncnn2c(C)c1CCC(=O)N1CCC[C@@H](c2cc(=O)[nH]cn2)C1. The smallest absolute Gasteiger partial charge is 0.252 e. The van der Waals surface area contributed by atoms with E-state index >= 15 is 0 Å². The first kappa shape index (κ1) is 18.3. The molecule has 0 spiro atoms. The molecular weight excluding hydrogens is 358 g/mol. The fourth-order valence-electron chi connectivity index (χ4n) is 3.96. The number of H-pyrrole nitrogens is 1. The molecule has 9 heteroatoms. The second kappa shape index (κ2) is 7.49. The van der Waals surface area contributed by atoms with Crippen LogP contribution < -0.4 is 5.56 Å². The van der Waals surface area contributed by atoms with E-state index in [-0.39, 0.29) is 17.4 Å². The first-order valence-corrected chi connectivity index (χ1v) is 9.51. The van der Waals surface area contributed by atoms with Crippen LogP contribution in [-0.2, 0) is 11.2 Å².